The monoisotopic (exact) mass is 423 g/mol. The van der Waals surface area contributed by atoms with E-state index in [4.69, 9.17) is 0 Å². The lowest BCUT2D eigenvalue weighted by molar-refractivity contribution is 1.18. The first-order valence-corrected chi connectivity index (χ1v) is 11.5. The molecule has 1 nitrogen and oxygen atoms in total. The van der Waals surface area contributed by atoms with Crippen LogP contribution >= 0.6 is 0 Å². The first-order valence-electron chi connectivity index (χ1n) is 11.5. The van der Waals surface area contributed by atoms with Crippen molar-refractivity contribution in [1.29, 1.82) is 0 Å². The number of aryl methyl sites for hydroxylation is 2. The zero-order chi connectivity index (χ0) is 22.4. The fourth-order valence-corrected chi connectivity index (χ4v) is 5.02. The maximum absolute atomic E-state index is 2.36. The molecule has 0 atom stereocenters. The second kappa shape index (κ2) is 7.79. The molecule has 0 aliphatic rings. The molecule has 5 aromatic carbocycles. The zero-order valence-corrected chi connectivity index (χ0v) is 18.9. The largest absolute Gasteiger partial charge is 0.309 e. The second-order valence-corrected chi connectivity index (χ2v) is 8.87. The van der Waals surface area contributed by atoms with Crippen molar-refractivity contribution < 1.29 is 0 Å². The topological polar surface area (TPSA) is 4.93 Å². The molecule has 6 aromatic rings. The van der Waals surface area contributed by atoms with Gasteiger partial charge in [0, 0.05) is 16.5 Å². The fourth-order valence-electron chi connectivity index (χ4n) is 5.02. The van der Waals surface area contributed by atoms with Crippen molar-refractivity contribution in [1.82, 2.24) is 4.57 Å². The highest BCUT2D eigenvalue weighted by molar-refractivity contribution is 6.09. The molecule has 0 spiro atoms. The lowest BCUT2D eigenvalue weighted by Gasteiger charge is -2.11. The van der Waals surface area contributed by atoms with E-state index in [1.807, 2.05) is 0 Å². The predicted molar refractivity (Wildman–Crippen MR) is 141 cm³/mol. The highest BCUT2D eigenvalue weighted by Gasteiger charge is 2.11. The molecule has 0 saturated heterocycles. The van der Waals surface area contributed by atoms with E-state index in [9.17, 15) is 0 Å². The van der Waals surface area contributed by atoms with E-state index in [0.29, 0.717) is 0 Å². The van der Waals surface area contributed by atoms with Crippen molar-refractivity contribution in [2.75, 3.05) is 0 Å². The number of hydrogen-bond acceptors (Lipinski definition) is 0. The number of fused-ring (bicyclic) bond motifs is 3. The number of aromatic nitrogens is 1. The van der Waals surface area contributed by atoms with E-state index in [0.717, 1.165) is 0 Å². The Morgan fingerprint density at radius 1 is 0.424 bits per heavy atom. The molecule has 1 heterocycles. The number of rotatable bonds is 3. The van der Waals surface area contributed by atoms with Crippen LogP contribution in [0.2, 0.25) is 0 Å². The van der Waals surface area contributed by atoms with Gasteiger partial charge < -0.3 is 4.57 Å². The molecule has 0 radical (unpaired) electrons. The molecule has 0 N–H and O–H groups in total. The molecule has 33 heavy (non-hydrogen) atoms. The SMILES string of the molecule is Cc1cc(C)cc(-c2cccc(-c3ccc(-n4c5ccccc5c5ccccc54)cc3)c2)c1. The van der Waals surface area contributed by atoms with Gasteiger partial charge in [-0.25, -0.2) is 0 Å². The Labute approximate surface area is 194 Å². The third kappa shape index (κ3) is 3.43. The van der Waals surface area contributed by atoms with Crippen LogP contribution in [0.4, 0.5) is 0 Å². The summed E-state index contributed by atoms with van der Waals surface area (Å²) in [6.45, 7) is 4.32. The van der Waals surface area contributed by atoms with E-state index < -0.39 is 0 Å². The summed E-state index contributed by atoms with van der Waals surface area (Å²) in [6.07, 6.45) is 0. The van der Waals surface area contributed by atoms with E-state index >= 15 is 0 Å². The minimum atomic E-state index is 1.18. The van der Waals surface area contributed by atoms with Gasteiger partial charge in [0.15, 0.2) is 0 Å². The van der Waals surface area contributed by atoms with Gasteiger partial charge in [-0.05, 0) is 66.4 Å². The number of hydrogen-bond donors (Lipinski definition) is 0. The second-order valence-electron chi connectivity index (χ2n) is 8.87. The summed E-state index contributed by atoms with van der Waals surface area (Å²) in [6, 6.07) is 41.8. The molecule has 0 bridgehead atoms. The van der Waals surface area contributed by atoms with Crippen molar-refractivity contribution in [3.63, 3.8) is 0 Å². The standard InChI is InChI=1S/C32H25N/c1-22-18-23(2)20-27(19-22)26-9-7-8-25(21-26)24-14-16-28(17-15-24)33-31-12-5-3-10-29(31)30-11-4-6-13-32(30)33/h3-21H,1-2H3. The summed E-state index contributed by atoms with van der Waals surface area (Å²) in [5.74, 6) is 0. The van der Waals surface area contributed by atoms with Crippen molar-refractivity contribution >= 4 is 21.8 Å². The summed E-state index contributed by atoms with van der Waals surface area (Å²) in [7, 11) is 0. The van der Waals surface area contributed by atoms with Gasteiger partial charge in [-0.3, -0.25) is 0 Å². The molecule has 0 saturated carbocycles. The Morgan fingerprint density at radius 2 is 0.970 bits per heavy atom. The average molecular weight is 424 g/mol. The first-order chi connectivity index (χ1) is 16.2. The number of para-hydroxylation sites is 2. The Kier molecular flexibility index (Phi) is 4.62. The molecular formula is C32H25N. The normalized spacial score (nSPS) is 11.3. The van der Waals surface area contributed by atoms with Gasteiger partial charge in [-0.1, -0.05) is 96.1 Å². The number of nitrogens with zero attached hydrogens (tertiary/aromatic N) is 1. The molecule has 1 heteroatoms. The van der Waals surface area contributed by atoms with E-state index in [2.05, 4.69) is 134 Å². The highest BCUT2D eigenvalue weighted by atomic mass is 15.0. The molecule has 6 rings (SSSR count). The maximum atomic E-state index is 2.36. The summed E-state index contributed by atoms with van der Waals surface area (Å²) < 4.78 is 2.36. The predicted octanol–water partition coefficient (Wildman–Crippen LogP) is 8.73. The third-order valence-corrected chi connectivity index (χ3v) is 6.46. The van der Waals surface area contributed by atoms with Crippen LogP contribution in [0.15, 0.2) is 115 Å². The number of benzene rings is 5. The molecular weight excluding hydrogens is 398 g/mol. The van der Waals surface area contributed by atoms with Crippen LogP contribution < -0.4 is 0 Å². The van der Waals surface area contributed by atoms with Gasteiger partial charge >= 0.3 is 0 Å². The molecule has 158 valence electrons. The van der Waals surface area contributed by atoms with Crippen molar-refractivity contribution in [3.8, 4) is 27.9 Å². The Bertz CT molecular complexity index is 1540. The van der Waals surface area contributed by atoms with Gasteiger partial charge in [-0.2, -0.15) is 0 Å². The van der Waals surface area contributed by atoms with E-state index in [1.165, 1.54) is 60.9 Å². The van der Waals surface area contributed by atoms with Crippen LogP contribution in [0.5, 0.6) is 0 Å². The van der Waals surface area contributed by atoms with E-state index in [1.54, 1.807) is 0 Å². The summed E-state index contributed by atoms with van der Waals surface area (Å²) in [5.41, 5.74) is 11.2. The highest BCUT2D eigenvalue weighted by Crippen LogP contribution is 2.33. The van der Waals surface area contributed by atoms with Crippen LogP contribution in [-0.4, -0.2) is 4.57 Å². The first kappa shape index (κ1) is 19.6. The summed E-state index contributed by atoms with van der Waals surface area (Å²) in [5, 5.41) is 2.58. The Morgan fingerprint density at radius 3 is 1.58 bits per heavy atom. The third-order valence-electron chi connectivity index (χ3n) is 6.46. The van der Waals surface area contributed by atoms with Gasteiger partial charge in [0.05, 0.1) is 11.0 Å². The summed E-state index contributed by atoms with van der Waals surface area (Å²) in [4.78, 5) is 0. The van der Waals surface area contributed by atoms with Gasteiger partial charge in [0.2, 0.25) is 0 Å². The van der Waals surface area contributed by atoms with Gasteiger partial charge in [-0.15, -0.1) is 0 Å². The quantitative estimate of drug-likeness (QED) is 0.268. The van der Waals surface area contributed by atoms with Crippen LogP contribution in [0.3, 0.4) is 0 Å². The molecule has 0 amide bonds. The maximum Gasteiger partial charge on any atom is 0.0541 e. The van der Waals surface area contributed by atoms with E-state index in [-0.39, 0.29) is 0 Å². The minimum Gasteiger partial charge on any atom is -0.309 e. The van der Waals surface area contributed by atoms with Crippen LogP contribution in [0.1, 0.15) is 11.1 Å². The Balaban J connectivity index is 1.43. The lowest BCUT2D eigenvalue weighted by atomic mass is 9.97. The zero-order valence-electron chi connectivity index (χ0n) is 18.9. The summed E-state index contributed by atoms with van der Waals surface area (Å²) >= 11 is 0. The van der Waals surface area contributed by atoms with Crippen LogP contribution in [0, 0.1) is 13.8 Å². The molecule has 1 aromatic heterocycles. The molecule has 0 unspecified atom stereocenters. The average Bonchev–Trinajstić information content (AvgIpc) is 3.18. The van der Waals surface area contributed by atoms with Gasteiger partial charge in [0.1, 0.15) is 0 Å². The molecule has 0 fully saturated rings. The van der Waals surface area contributed by atoms with Crippen molar-refractivity contribution in [2.24, 2.45) is 0 Å². The smallest absolute Gasteiger partial charge is 0.0541 e. The lowest BCUT2D eigenvalue weighted by Crippen LogP contribution is -1.93. The van der Waals surface area contributed by atoms with Gasteiger partial charge in [0.25, 0.3) is 0 Å². The van der Waals surface area contributed by atoms with Crippen molar-refractivity contribution in [2.45, 2.75) is 13.8 Å². The molecule has 0 aliphatic heterocycles. The fraction of sp³-hybridized carbons (Fsp3) is 0.0625. The Hall–Kier alpha value is -4.10. The van der Waals surface area contributed by atoms with Crippen LogP contribution in [-0.2, 0) is 0 Å². The minimum absolute atomic E-state index is 1.18. The molecule has 0 aliphatic carbocycles. The van der Waals surface area contributed by atoms with Crippen molar-refractivity contribution in [3.05, 3.63) is 126 Å². The van der Waals surface area contributed by atoms with Crippen LogP contribution in [0.25, 0.3) is 49.7 Å².